The number of hydrogen-bond acceptors (Lipinski definition) is 2. The zero-order chi connectivity index (χ0) is 13.2. The van der Waals surface area contributed by atoms with Gasteiger partial charge in [-0.1, -0.05) is 22.0 Å². The van der Waals surface area contributed by atoms with Crippen LogP contribution < -0.4 is 5.73 Å². The van der Waals surface area contributed by atoms with Crippen molar-refractivity contribution in [2.75, 3.05) is 6.54 Å². The monoisotopic (exact) mass is 311 g/mol. The molecule has 94 valence electrons. The van der Waals surface area contributed by atoms with Gasteiger partial charge in [0.1, 0.15) is 0 Å². The fraction of sp³-hybridized carbons (Fsp3) is 0.300. The highest BCUT2D eigenvalue weighted by molar-refractivity contribution is 9.10. The van der Waals surface area contributed by atoms with Crippen molar-refractivity contribution in [1.29, 1.82) is 0 Å². The summed E-state index contributed by atoms with van der Waals surface area (Å²) in [6.45, 7) is -0.389. The molecule has 0 radical (unpaired) electrons. The first-order valence-electron chi connectivity index (χ1n) is 4.57. The smallest absolute Gasteiger partial charge is 0.416 e. The maximum atomic E-state index is 12.7. The fourth-order valence-corrected chi connectivity index (χ4v) is 1.80. The van der Waals surface area contributed by atoms with Crippen molar-refractivity contribution in [2.24, 2.45) is 5.73 Å². The quantitative estimate of drug-likeness (QED) is 0.902. The predicted molar refractivity (Wildman–Crippen MR) is 58.6 cm³/mol. The summed E-state index contributed by atoms with van der Waals surface area (Å²) < 4.78 is 38.4. The Morgan fingerprint density at radius 2 is 2.06 bits per heavy atom. The van der Waals surface area contributed by atoms with E-state index in [2.05, 4.69) is 15.9 Å². The van der Waals surface area contributed by atoms with Gasteiger partial charge in [0.15, 0.2) is 0 Å². The molecule has 17 heavy (non-hydrogen) atoms. The van der Waals surface area contributed by atoms with Crippen molar-refractivity contribution in [3.05, 3.63) is 33.8 Å². The van der Waals surface area contributed by atoms with Crippen molar-refractivity contribution in [3.8, 4) is 0 Å². The summed E-state index contributed by atoms with van der Waals surface area (Å²) in [4.78, 5) is 10.8. The lowest BCUT2D eigenvalue weighted by Gasteiger charge is -2.17. The largest absolute Gasteiger partial charge is 0.481 e. The highest BCUT2D eigenvalue weighted by Crippen LogP contribution is 2.36. The fourth-order valence-electron chi connectivity index (χ4n) is 1.44. The molecule has 1 rings (SSSR count). The summed E-state index contributed by atoms with van der Waals surface area (Å²) in [5.41, 5.74) is 3.89. The molecule has 0 saturated heterocycles. The Labute approximate surface area is 104 Å². The van der Waals surface area contributed by atoms with E-state index >= 15 is 0 Å². The number of carboxylic acids is 1. The Hall–Kier alpha value is -1.08. The van der Waals surface area contributed by atoms with E-state index < -0.39 is 23.6 Å². The van der Waals surface area contributed by atoms with E-state index in [1.807, 2.05) is 0 Å². The van der Waals surface area contributed by atoms with Crippen LogP contribution in [0.3, 0.4) is 0 Å². The highest BCUT2D eigenvalue weighted by Gasteiger charge is 2.36. The van der Waals surface area contributed by atoms with E-state index in [9.17, 15) is 18.0 Å². The zero-order valence-corrected chi connectivity index (χ0v) is 10.0. The summed E-state index contributed by atoms with van der Waals surface area (Å²) >= 11 is 2.92. The minimum Gasteiger partial charge on any atom is -0.481 e. The molecule has 0 bridgehead atoms. The van der Waals surface area contributed by atoms with Gasteiger partial charge in [-0.25, -0.2) is 0 Å². The molecular weight excluding hydrogens is 303 g/mol. The average Bonchev–Trinajstić information content (AvgIpc) is 2.19. The molecule has 3 N–H and O–H groups in total. The Morgan fingerprint density at radius 3 is 2.47 bits per heavy atom. The number of rotatable bonds is 3. The molecule has 1 unspecified atom stereocenters. The molecule has 0 aliphatic carbocycles. The van der Waals surface area contributed by atoms with E-state index in [0.717, 1.165) is 12.1 Å². The number of alkyl halides is 3. The topological polar surface area (TPSA) is 63.3 Å². The van der Waals surface area contributed by atoms with Crippen LogP contribution in [-0.2, 0) is 11.0 Å². The molecule has 1 atom stereocenters. The molecule has 0 aromatic heterocycles. The van der Waals surface area contributed by atoms with Crippen LogP contribution in [0.1, 0.15) is 17.0 Å². The van der Waals surface area contributed by atoms with Gasteiger partial charge in [-0.3, -0.25) is 4.79 Å². The molecular formula is C10H9BrF3NO2. The molecule has 0 amide bonds. The van der Waals surface area contributed by atoms with E-state index in [-0.39, 0.29) is 16.6 Å². The SMILES string of the molecule is NCC(C(=O)O)c1ccc(Br)cc1C(F)(F)F. The van der Waals surface area contributed by atoms with Crippen LogP contribution >= 0.6 is 15.9 Å². The minimum atomic E-state index is -4.61. The van der Waals surface area contributed by atoms with Crippen LogP contribution in [0.4, 0.5) is 13.2 Å². The van der Waals surface area contributed by atoms with Crippen molar-refractivity contribution < 1.29 is 23.1 Å². The second-order valence-electron chi connectivity index (χ2n) is 3.36. The third-order valence-corrected chi connectivity index (χ3v) is 2.72. The van der Waals surface area contributed by atoms with Gasteiger partial charge in [-0.15, -0.1) is 0 Å². The number of halogens is 4. The maximum absolute atomic E-state index is 12.7. The first-order chi connectivity index (χ1) is 7.77. The second-order valence-corrected chi connectivity index (χ2v) is 4.27. The third kappa shape index (κ3) is 3.19. The van der Waals surface area contributed by atoms with Crippen LogP contribution in [0.25, 0.3) is 0 Å². The highest BCUT2D eigenvalue weighted by atomic mass is 79.9. The Morgan fingerprint density at radius 1 is 1.47 bits per heavy atom. The van der Waals surface area contributed by atoms with Gasteiger partial charge >= 0.3 is 12.1 Å². The van der Waals surface area contributed by atoms with Crippen LogP contribution in [-0.4, -0.2) is 17.6 Å². The predicted octanol–water partition coefficient (Wildman–Crippen LogP) is 2.59. The lowest BCUT2D eigenvalue weighted by molar-refractivity contribution is -0.141. The normalized spacial score (nSPS) is 13.5. The van der Waals surface area contributed by atoms with Gasteiger partial charge in [-0.05, 0) is 17.7 Å². The summed E-state index contributed by atoms with van der Waals surface area (Å²) in [7, 11) is 0. The minimum absolute atomic E-state index is 0.231. The number of nitrogens with two attached hydrogens (primary N) is 1. The van der Waals surface area contributed by atoms with E-state index in [0.29, 0.717) is 0 Å². The van der Waals surface area contributed by atoms with Crippen molar-refractivity contribution >= 4 is 21.9 Å². The zero-order valence-electron chi connectivity index (χ0n) is 8.46. The van der Waals surface area contributed by atoms with Crippen LogP contribution in [0.15, 0.2) is 22.7 Å². The number of hydrogen-bond donors (Lipinski definition) is 2. The first kappa shape index (κ1) is 14.0. The summed E-state index contributed by atoms with van der Waals surface area (Å²) in [6.07, 6.45) is -4.61. The second kappa shape index (κ2) is 5.05. The first-order valence-corrected chi connectivity index (χ1v) is 5.36. The van der Waals surface area contributed by atoms with Crippen LogP contribution in [0.2, 0.25) is 0 Å². The van der Waals surface area contributed by atoms with Gasteiger partial charge in [-0.2, -0.15) is 13.2 Å². The van der Waals surface area contributed by atoms with E-state index in [4.69, 9.17) is 10.8 Å². The van der Waals surface area contributed by atoms with Gasteiger partial charge in [0, 0.05) is 11.0 Å². The lowest BCUT2D eigenvalue weighted by Crippen LogP contribution is -2.24. The third-order valence-electron chi connectivity index (χ3n) is 2.23. The van der Waals surface area contributed by atoms with Crippen molar-refractivity contribution in [3.63, 3.8) is 0 Å². The standard InChI is InChI=1S/C10H9BrF3NO2/c11-5-1-2-6(7(4-15)9(16)17)8(3-5)10(12,13)14/h1-3,7H,4,15H2,(H,16,17). The molecule has 3 nitrogen and oxygen atoms in total. The molecule has 1 aromatic carbocycles. The van der Waals surface area contributed by atoms with Crippen molar-refractivity contribution in [2.45, 2.75) is 12.1 Å². The number of carbonyl (C=O) groups is 1. The average molecular weight is 312 g/mol. The Bertz CT molecular complexity index is 434. The van der Waals surface area contributed by atoms with Crippen molar-refractivity contribution in [1.82, 2.24) is 0 Å². The summed E-state index contributed by atoms with van der Waals surface area (Å²) in [5.74, 6) is -2.74. The number of benzene rings is 1. The molecule has 1 aromatic rings. The van der Waals surface area contributed by atoms with Gasteiger partial charge in [0.25, 0.3) is 0 Å². The van der Waals surface area contributed by atoms with Gasteiger partial charge in [0.2, 0.25) is 0 Å². The molecule has 7 heteroatoms. The van der Waals surface area contributed by atoms with Gasteiger partial charge < -0.3 is 10.8 Å². The Balaban J connectivity index is 3.37. The molecule has 0 aliphatic rings. The van der Waals surface area contributed by atoms with E-state index in [1.54, 1.807) is 0 Å². The molecule has 0 spiro atoms. The number of carboxylic acid groups (broad SMARTS) is 1. The molecule has 0 fully saturated rings. The maximum Gasteiger partial charge on any atom is 0.416 e. The summed E-state index contributed by atoms with van der Waals surface area (Å²) in [5, 5.41) is 8.83. The molecule has 0 heterocycles. The van der Waals surface area contributed by atoms with Crippen LogP contribution in [0.5, 0.6) is 0 Å². The lowest BCUT2D eigenvalue weighted by atomic mass is 9.94. The summed E-state index contributed by atoms with van der Waals surface area (Å²) in [6, 6.07) is 3.33. The Kier molecular flexibility index (Phi) is 4.16. The molecule has 0 saturated carbocycles. The van der Waals surface area contributed by atoms with Crippen LogP contribution in [0, 0.1) is 0 Å². The number of aliphatic carboxylic acids is 1. The molecule has 0 aliphatic heterocycles. The van der Waals surface area contributed by atoms with Gasteiger partial charge in [0.05, 0.1) is 11.5 Å². The van der Waals surface area contributed by atoms with E-state index in [1.165, 1.54) is 6.07 Å².